The molecule has 0 spiro atoms. The van der Waals surface area contributed by atoms with Gasteiger partial charge in [-0.25, -0.2) is 9.97 Å². The smallest absolute Gasteiger partial charge is 0.168 e. The van der Waals surface area contributed by atoms with Crippen LogP contribution >= 0.6 is 35.2 Å². The molecule has 1 saturated heterocycles. The van der Waals surface area contributed by atoms with Gasteiger partial charge in [0, 0.05) is 36.9 Å². The number of nitrogens with zero attached hydrogens (tertiary/aromatic N) is 5. The van der Waals surface area contributed by atoms with Crippen molar-refractivity contribution >= 4 is 51.3 Å². The third kappa shape index (κ3) is 4.44. The fraction of sp³-hybridized carbons (Fsp3) is 0.179. The van der Waals surface area contributed by atoms with E-state index in [9.17, 15) is 0 Å². The molecule has 1 aliphatic rings. The minimum atomic E-state index is 0.178. The van der Waals surface area contributed by atoms with Gasteiger partial charge in [-0.15, -0.1) is 0 Å². The number of fused-ring (bicyclic) bond motifs is 1. The Morgan fingerprint density at radius 3 is 2.11 bits per heavy atom. The Labute approximate surface area is 224 Å². The van der Waals surface area contributed by atoms with Crippen molar-refractivity contribution in [3.63, 3.8) is 0 Å². The number of anilines is 1. The Balaban J connectivity index is 1.29. The largest absolute Gasteiger partial charge is 0.353 e. The van der Waals surface area contributed by atoms with E-state index in [1.807, 2.05) is 34.9 Å². The van der Waals surface area contributed by atoms with Crippen LogP contribution in [0, 0.1) is 3.95 Å². The fourth-order valence-electron chi connectivity index (χ4n) is 4.94. The zero-order valence-electron chi connectivity index (χ0n) is 19.5. The number of benzene rings is 3. The van der Waals surface area contributed by atoms with Gasteiger partial charge in [0.1, 0.15) is 11.0 Å². The van der Waals surface area contributed by atoms with Crippen molar-refractivity contribution in [2.24, 2.45) is 0 Å². The normalized spacial score (nSPS) is 15.3. The maximum Gasteiger partial charge on any atom is 0.168 e. The maximum absolute atomic E-state index is 6.19. The molecule has 3 aromatic carbocycles. The van der Waals surface area contributed by atoms with Crippen LogP contribution in [0.3, 0.4) is 0 Å². The Kier molecular flexibility index (Phi) is 6.54. The molecule has 2 aromatic heterocycles. The number of thiazole rings is 1. The van der Waals surface area contributed by atoms with Gasteiger partial charge in [-0.2, -0.15) is 0 Å². The lowest BCUT2D eigenvalue weighted by Gasteiger charge is -2.40. The number of hydrogen-bond donors (Lipinski definition) is 0. The highest BCUT2D eigenvalue weighted by Crippen LogP contribution is 2.34. The Morgan fingerprint density at radius 2 is 1.42 bits per heavy atom. The topological polar surface area (TPSA) is 37.2 Å². The average Bonchev–Trinajstić information content (AvgIpc) is 3.27. The molecule has 3 heterocycles. The first-order valence-corrected chi connectivity index (χ1v) is 13.5. The van der Waals surface area contributed by atoms with Crippen LogP contribution in [-0.2, 0) is 0 Å². The third-order valence-corrected chi connectivity index (χ3v) is 8.26. The van der Waals surface area contributed by atoms with E-state index in [1.54, 1.807) is 17.7 Å². The third-order valence-electron chi connectivity index (χ3n) is 6.64. The van der Waals surface area contributed by atoms with Gasteiger partial charge < -0.3 is 4.90 Å². The quantitative estimate of drug-likeness (QED) is 0.235. The van der Waals surface area contributed by atoms with Gasteiger partial charge in [0.2, 0.25) is 0 Å². The second-order valence-electron chi connectivity index (χ2n) is 8.78. The van der Waals surface area contributed by atoms with Crippen LogP contribution in [0.25, 0.3) is 16.0 Å². The van der Waals surface area contributed by atoms with Crippen LogP contribution in [-0.4, -0.2) is 45.6 Å². The predicted molar refractivity (Wildman–Crippen MR) is 151 cm³/mol. The summed E-state index contributed by atoms with van der Waals surface area (Å²) in [6.45, 7) is 3.58. The highest BCUT2D eigenvalue weighted by Gasteiger charge is 2.28. The number of halogens is 1. The lowest BCUT2D eigenvalue weighted by atomic mass is 9.96. The molecular weight excluding hydrogens is 506 g/mol. The maximum atomic E-state index is 6.19. The molecule has 8 heteroatoms. The van der Waals surface area contributed by atoms with Gasteiger partial charge in [-0.1, -0.05) is 83.6 Å². The lowest BCUT2D eigenvalue weighted by molar-refractivity contribution is 0.212. The summed E-state index contributed by atoms with van der Waals surface area (Å²) in [5.74, 6) is 0.966. The van der Waals surface area contributed by atoms with Crippen molar-refractivity contribution in [3.05, 3.63) is 111 Å². The minimum Gasteiger partial charge on any atom is -0.353 e. The van der Waals surface area contributed by atoms with E-state index in [1.165, 1.54) is 11.1 Å². The highest BCUT2D eigenvalue weighted by molar-refractivity contribution is 7.73. The van der Waals surface area contributed by atoms with Gasteiger partial charge in [-0.05, 0) is 47.6 Å². The first kappa shape index (κ1) is 23.3. The van der Waals surface area contributed by atoms with E-state index in [2.05, 4.69) is 69.4 Å². The molecule has 1 fully saturated rings. The van der Waals surface area contributed by atoms with Crippen molar-refractivity contribution in [2.45, 2.75) is 6.04 Å². The fourth-order valence-corrected chi connectivity index (χ4v) is 6.48. The van der Waals surface area contributed by atoms with E-state index in [0.29, 0.717) is 0 Å². The van der Waals surface area contributed by atoms with Crippen molar-refractivity contribution in [3.8, 4) is 5.69 Å². The first-order chi connectivity index (χ1) is 17.7. The molecule has 180 valence electrons. The van der Waals surface area contributed by atoms with E-state index >= 15 is 0 Å². The molecule has 0 radical (unpaired) electrons. The molecule has 36 heavy (non-hydrogen) atoms. The summed E-state index contributed by atoms with van der Waals surface area (Å²) in [5.41, 5.74) is 4.43. The van der Waals surface area contributed by atoms with Gasteiger partial charge in [0.25, 0.3) is 0 Å². The molecule has 5 nitrogen and oxygen atoms in total. The summed E-state index contributed by atoms with van der Waals surface area (Å²) in [6, 6.07) is 29.3. The number of rotatable bonds is 5. The van der Waals surface area contributed by atoms with Crippen LogP contribution in [0.5, 0.6) is 0 Å². The van der Waals surface area contributed by atoms with E-state index < -0.39 is 0 Å². The second kappa shape index (κ2) is 10.1. The molecule has 0 saturated carbocycles. The molecule has 1 aliphatic heterocycles. The standard InChI is InChI=1S/C28H24ClN5S2/c29-22-13-11-21(12-14-22)24(20-7-3-1-4-8-20)32-15-17-33(18-16-32)26-25-27(31-19-30-26)34(28(35)36-25)23-9-5-2-6-10-23/h1-14,19,24H,15-18H2/t24-/m1/s1. The summed E-state index contributed by atoms with van der Waals surface area (Å²) < 4.78 is 3.86. The molecule has 0 aliphatic carbocycles. The molecule has 0 amide bonds. The number of aromatic nitrogens is 3. The van der Waals surface area contributed by atoms with Crippen LogP contribution < -0.4 is 4.90 Å². The first-order valence-electron chi connectivity index (χ1n) is 11.9. The Morgan fingerprint density at radius 1 is 0.778 bits per heavy atom. The average molecular weight is 530 g/mol. The van der Waals surface area contributed by atoms with Gasteiger partial charge in [0.05, 0.1) is 6.04 Å². The molecule has 1 atom stereocenters. The van der Waals surface area contributed by atoms with Crippen molar-refractivity contribution in [1.82, 2.24) is 19.4 Å². The van der Waals surface area contributed by atoms with Gasteiger partial charge in [-0.3, -0.25) is 9.47 Å². The summed E-state index contributed by atoms with van der Waals surface area (Å²) in [4.78, 5) is 14.2. The lowest BCUT2D eigenvalue weighted by Crippen LogP contribution is -2.48. The minimum absolute atomic E-state index is 0.178. The zero-order valence-corrected chi connectivity index (χ0v) is 21.9. The molecule has 0 unspecified atom stereocenters. The Hall–Kier alpha value is -3.10. The van der Waals surface area contributed by atoms with Crippen molar-refractivity contribution in [1.29, 1.82) is 0 Å². The van der Waals surface area contributed by atoms with Crippen molar-refractivity contribution in [2.75, 3.05) is 31.1 Å². The molecule has 6 rings (SSSR count). The summed E-state index contributed by atoms with van der Waals surface area (Å²) in [6.07, 6.45) is 1.66. The summed E-state index contributed by atoms with van der Waals surface area (Å²) in [7, 11) is 0. The summed E-state index contributed by atoms with van der Waals surface area (Å²) >= 11 is 13.5. The zero-order chi connectivity index (χ0) is 24.5. The number of para-hydroxylation sites is 1. The summed E-state index contributed by atoms with van der Waals surface area (Å²) in [5, 5.41) is 0.757. The predicted octanol–water partition coefficient (Wildman–Crippen LogP) is 6.78. The SMILES string of the molecule is S=c1sc2c(N3CCN([C@H](c4ccccc4)c4ccc(Cl)cc4)CC3)ncnc2n1-c1ccccc1. The van der Waals surface area contributed by atoms with Gasteiger partial charge >= 0.3 is 0 Å². The monoisotopic (exact) mass is 529 g/mol. The molecule has 0 N–H and O–H groups in total. The van der Waals surface area contributed by atoms with Crippen LogP contribution in [0.4, 0.5) is 5.82 Å². The molecule has 5 aromatic rings. The second-order valence-corrected chi connectivity index (χ2v) is 10.9. The molecule has 0 bridgehead atoms. The van der Waals surface area contributed by atoms with E-state index in [-0.39, 0.29) is 6.04 Å². The molecular formula is C28H24ClN5S2. The van der Waals surface area contributed by atoms with Crippen molar-refractivity contribution < 1.29 is 0 Å². The number of piperazine rings is 1. The van der Waals surface area contributed by atoms with Gasteiger partial charge in [0.15, 0.2) is 15.4 Å². The Bertz CT molecular complexity index is 1530. The van der Waals surface area contributed by atoms with Crippen LogP contribution in [0.2, 0.25) is 5.02 Å². The number of hydrogen-bond acceptors (Lipinski definition) is 6. The van der Waals surface area contributed by atoms with E-state index in [4.69, 9.17) is 28.8 Å². The van der Waals surface area contributed by atoms with Crippen LogP contribution in [0.15, 0.2) is 91.3 Å². The van der Waals surface area contributed by atoms with Crippen LogP contribution in [0.1, 0.15) is 17.2 Å². The highest BCUT2D eigenvalue weighted by atomic mass is 35.5. The van der Waals surface area contributed by atoms with E-state index in [0.717, 1.165) is 57.0 Å².